The molecular formula is C18H21N3O3S. The van der Waals surface area contributed by atoms with Crippen LogP contribution in [0.25, 0.3) is 0 Å². The largest absolute Gasteiger partial charge is 0.324 e. The SMILES string of the molecule is CC1(C)CC(=O)C/C(=N/NC(=O)CC2Sc3ccccc3NC2=O)C1. The number of hydrogen-bond donors (Lipinski definition) is 2. The Labute approximate surface area is 150 Å². The molecule has 1 fully saturated rings. The predicted molar refractivity (Wildman–Crippen MR) is 97.6 cm³/mol. The Hall–Kier alpha value is -2.15. The minimum Gasteiger partial charge on any atom is -0.324 e. The van der Waals surface area contributed by atoms with Crippen LogP contribution in [-0.4, -0.2) is 28.6 Å². The van der Waals surface area contributed by atoms with Gasteiger partial charge in [-0.2, -0.15) is 5.10 Å². The first-order chi connectivity index (χ1) is 11.8. The normalized spacial score (nSPS) is 23.8. The number of Topliss-reactive ketones (excluding diaryl/α,β-unsaturated/α-hetero) is 1. The third-order valence-corrected chi connectivity index (χ3v) is 5.45. The maximum absolute atomic E-state index is 12.2. The van der Waals surface area contributed by atoms with Gasteiger partial charge in [0.2, 0.25) is 11.8 Å². The topological polar surface area (TPSA) is 87.6 Å². The smallest absolute Gasteiger partial charge is 0.241 e. The zero-order valence-electron chi connectivity index (χ0n) is 14.3. The average molecular weight is 359 g/mol. The van der Waals surface area contributed by atoms with Gasteiger partial charge in [0.25, 0.3) is 0 Å². The number of thioether (sulfide) groups is 1. The summed E-state index contributed by atoms with van der Waals surface area (Å²) >= 11 is 1.38. The summed E-state index contributed by atoms with van der Waals surface area (Å²) < 4.78 is 0. The number of fused-ring (bicyclic) bond motifs is 1. The molecule has 0 bridgehead atoms. The van der Waals surface area contributed by atoms with Crippen molar-refractivity contribution in [2.45, 2.75) is 49.7 Å². The highest BCUT2D eigenvalue weighted by molar-refractivity contribution is 8.01. The number of ketones is 1. The number of carbonyl (C=O) groups is 3. The summed E-state index contributed by atoms with van der Waals surface area (Å²) in [6, 6.07) is 7.51. The standard InChI is InChI=1S/C18H21N3O3S/c1-18(2)9-11(7-12(22)10-18)20-21-16(23)8-15-17(24)19-13-5-3-4-6-14(13)25-15/h3-6,15H,7-10H2,1-2H3,(H,19,24)(H,21,23)/b20-11-. The molecule has 0 saturated heterocycles. The number of benzene rings is 1. The molecule has 6 nitrogen and oxygen atoms in total. The van der Waals surface area contributed by atoms with E-state index in [1.807, 2.05) is 38.1 Å². The number of nitrogens with zero attached hydrogens (tertiary/aromatic N) is 1. The van der Waals surface area contributed by atoms with Crippen LogP contribution in [0.2, 0.25) is 0 Å². The van der Waals surface area contributed by atoms with Crippen LogP contribution >= 0.6 is 11.8 Å². The minimum absolute atomic E-state index is 0.0406. The average Bonchev–Trinajstić information content (AvgIpc) is 2.52. The van der Waals surface area contributed by atoms with Gasteiger partial charge in [-0.15, -0.1) is 11.8 Å². The number of hydrazone groups is 1. The van der Waals surface area contributed by atoms with Gasteiger partial charge in [0.1, 0.15) is 5.78 Å². The molecule has 132 valence electrons. The van der Waals surface area contributed by atoms with Crippen molar-refractivity contribution < 1.29 is 14.4 Å². The first-order valence-electron chi connectivity index (χ1n) is 8.25. The Kier molecular flexibility index (Phi) is 4.94. The Balaban J connectivity index is 1.59. The molecule has 1 atom stereocenters. The fourth-order valence-corrected chi connectivity index (χ4v) is 4.27. The second-order valence-electron chi connectivity index (χ2n) is 7.24. The number of anilines is 1. The summed E-state index contributed by atoms with van der Waals surface area (Å²) in [5, 5.41) is 6.45. The summed E-state index contributed by atoms with van der Waals surface area (Å²) in [5.41, 5.74) is 3.85. The van der Waals surface area contributed by atoms with Crippen LogP contribution in [0.4, 0.5) is 5.69 Å². The van der Waals surface area contributed by atoms with E-state index in [1.54, 1.807) is 0 Å². The molecule has 1 aromatic carbocycles. The van der Waals surface area contributed by atoms with E-state index in [1.165, 1.54) is 11.8 Å². The van der Waals surface area contributed by atoms with E-state index in [4.69, 9.17) is 0 Å². The van der Waals surface area contributed by atoms with E-state index in [-0.39, 0.29) is 35.9 Å². The summed E-state index contributed by atoms with van der Waals surface area (Å²) in [6.45, 7) is 4.03. The molecule has 0 radical (unpaired) electrons. The zero-order valence-corrected chi connectivity index (χ0v) is 15.1. The van der Waals surface area contributed by atoms with Gasteiger partial charge in [-0.3, -0.25) is 14.4 Å². The lowest BCUT2D eigenvalue weighted by Crippen LogP contribution is -2.35. The van der Waals surface area contributed by atoms with Crippen LogP contribution < -0.4 is 10.7 Å². The van der Waals surface area contributed by atoms with E-state index >= 15 is 0 Å². The van der Waals surface area contributed by atoms with Crippen molar-refractivity contribution in [1.82, 2.24) is 5.43 Å². The maximum atomic E-state index is 12.2. The van der Waals surface area contributed by atoms with Crippen LogP contribution in [-0.2, 0) is 14.4 Å². The minimum atomic E-state index is -0.487. The monoisotopic (exact) mass is 359 g/mol. The molecule has 3 rings (SSSR count). The second kappa shape index (κ2) is 7.00. The van der Waals surface area contributed by atoms with E-state index in [0.717, 1.165) is 10.6 Å². The maximum Gasteiger partial charge on any atom is 0.241 e. The lowest BCUT2D eigenvalue weighted by molar-refractivity contribution is -0.124. The molecule has 1 aliphatic heterocycles. The molecule has 0 spiro atoms. The molecule has 2 aliphatic rings. The summed E-state index contributed by atoms with van der Waals surface area (Å²) in [6.07, 6.45) is 1.55. The number of carbonyl (C=O) groups excluding carboxylic acids is 3. The summed E-state index contributed by atoms with van der Waals surface area (Å²) in [4.78, 5) is 37.0. The molecule has 0 aromatic heterocycles. The number of nitrogens with one attached hydrogen (secondary N) is 2. The van der Waals surface area contributed by atoms with Gasteiger partial charge in [0.05, 0.1) is 10.9 Å². The Bertz CT molecular complexity index is 758. The van der Waals surface area contributed by atoms with Crippen molar-refractivity contribution in [3.63, 3.8) is 0 Å². The third-order valence-electron chi connectivity index (χ3n) is 4.18. The van der Waals surface area contributed by atoms with E-state index < -0.39 is 5.25 Å². The van der Waals surface area contributed by atoms with Gasteiger partial charge >= 0.3 is 0 Å². The highest BCUT2D eigenvalue weighted by Gasteiger charge is 2.31. The van der Waals surface area contributed by atoms with Crippen molar-refractivity contribution in [3.05, 3.63) is 24.3 Å². The number of hydrogen-bond acceptors (Lipinski definition) is 5. The predicted octanol–water partition coefficient (Wildman–Crippen LogP) is 2.74. The molecule has 1 aromatic rings. The van der Waals surface area contributed by atoms with Gasteiger partial charge < -0.3 is 5.32 Å². The molecule has 1 aliphatic carbocycles. The van der Waals surface area contributed by atoms with Gasteiger partial charge in [-0.25, -0.2) is 5.43 Å². The van der Waals surface area contributed by atoms with Crippen LogP contribution in [0.15, 0.2) is 34.3 Å². The van der Waals surface area contributed by atoms with Gasteiger partial charge in [0.15, 0.2) is 0 Å². The number of amides is 2. The molecular weight excluding hydrogens is 338 g/mol. The van der Waals surface area contributed by atoms with Crippen LogP contribution in [0, 0.1) is 5.41 Å². The van der Waals surface area contributed by atoms with Crippen LogP contribution in [0.5, 0.6) is 0 Å². The Morgan fingerprint density at radius 2 is 2.08 bits per heavy atom. The fraction of sp³-hybridized carbons (Fsp3) is 0.444. The van der Waals surface area contributed by atoms with E-state index in [9.17, 15) is 14.4 Å². The molecule has 2 N–H and O–H groups in total. The van der Waals surface area contributed by atoms with Crippen molar-refractivity contribution >= 4 is 40.8 Å². The number of rotatable bonds is 3. The van der Waals surface area contributed by atoms with Crippen LogP contribution in [0.3, 0.4) is 0 Å². The molecule has 7 heteroatoms. The quantitative estimate of drug-likeness (QED) is 0.812. The molecule has 1 heterocycles. The number of para-hydroxylation sites is 1. The first-order valence-corrected chi connectivity index (χ1v) is 9.13. The molecule has 1 unspecified atom stereocenters. The highest BCUT2D eigenvalue weighted by atomic mass is 32.2. The van der Waals surface area contributed by atoms with Crippen molar-refractivity contribution in [3.8, 4) is 0 Å². The van der Waals surface area contributed by atoms with Gasteiger partial charge in [0, 0.05) is 29.9 Å². The third kappa shape index (κ3) is 4.48. The van der Waals surface area contributed by atoms with E-state index in [0.29, 0.717) is 18.6 Å². The molecule has 25 heavy (non-hydrogen) atoms. The summed E-state index contributed by atoms with van der Waals surface area (Å²) in [5.74, 6) is -0.362. The highest BCUT2D eigenvalue weighted by Crippen LogP contribution is 2.36. The Morgan fingerprint density at radius 1 is 1.32 bits per heavy atom. The molecule has 2 amide bonds. The molecule has 1 saturated carbocycles. The van der Waals surface area contributed by atoms with E-state index in [2.05, 4.69) is 15.8 Å². The summed E-state index contributed by atoms with van der Waals surface area (Å²) in [7, 11) is 0. The van der Waals surface area contributed by atoms with Gasteiger partial charge in [-0.1, -0.05) is 26.0 Å². The first kappa shape index (κ1) is 17.7. The van der Waals surface area contributed by atoms with Crippen molar-refractivity contribution in [2.75, 3.05) is 5.32 Å². The fourth-order valence-electron chi connectivity index (χ4n) is 3.16. The van der Waals surface area contributed by atoms with Crippen molar-refractivity contribution in [1.29, 1.82) is 0 Å². The van der Waals surface area contributed by atoms with Gasteiger partial charge in [-0.05, 0) is 24.0 Å². The zero-order chi connectivity index (χ0) is 18.0. The Morgan fingerprint density at radius 3 is 2.84 bits per heavy atom. The second-order valence-corrected chi connectivity index (χ2v) is 8.49. The lowest BCUT2D eigenvalue weighted by atomic mass is 9.76. The van der Waals surface area contributed by atoms with Crippen molar-refractivity contribution in [2.24, 2.45) is 10.5 Å². The van der Waals surface area contributed by atoms with Crippen LogP contribution in [0.1, 0.15) is 39.5 Å². The lowest BCUT2D eigenvalue weighted by Gasteiger charge is -2.29.